The van der Waals surface area contributed by atoms with Crippen LogP contribution in [0.25, 0.3) is 5.65 Å². The van der Waals surface area contributed by atoms with Crippen LogP contribution in [0.2, 0.25) is 0 Å². The molecule has 7 heteroatoms. The Balaban J connectivity index is 1.36. The van der Waals surface area contributed by atoms with E-state index in [1.807, 2.05) is 61.0 Å². The van der Waals surface area contributed by atoms with Gasteiger partial charge in [-0.05, 0) is 43.2 Å². The lowest BCUT2D eigenvalue weighted by molar-refractivity contribution is 0.250. The summed E-state index contributed by atoms with van der Waals surface area (Å²) in [4.78, 5) is 4.56. The number of imidazole rings is 1. The first-order chi connectivity index (χ1) is 12.7. The highest BCUT2D eigenvalue weighted by Gasteiger charge is 2.10. The highest BCUT2D eigenvalue weighted by atomic mass is 32.2. The molecule has 0 radical (unpaired) electrons. The molecule has 0 aliphatic heterocycles. The van der Waals surface area contributed by atoms with Gasteiger partial charge in [-0.3, -0.25) is 0 Å². The molecule has 0 aliphatic carbocycles. The fourth-order valence-corrected chi connectivity index (χ4v) is 3.21. The van der Waals surface area contributed by atoms with Crippen molar-refractivity contribution >= 4 is 17.4 Å². The summed E-state index contributed by atoms with van der Waals surface area (Å²) >= 11 is 1.47. The molecular formula is C19H18N4O2S. The lowest BCUT2D eigenvalue weighted by Crippen LogP contribution is -1.97. The van der Waals surface area contributed by atoms with E-state index in [-0.39, 0.29) is 6.61 Å². The van der Waals surface area contributed by atoms with E-state index in [4.69, 9.17) is 9.15 Å². The molecule has 0 aliphatic rings. The monoisotopic (exact) mass is 366 g/mol. The van der Waals surface area contributed by atoms with Gasteiger partial charge in [-0.15, -0.1) is 10.2 Å². The number of aryl methyl sites for hydroxylation is 2. The zero-order valence-electron chi connectivity index (χ0n) is 14.5. The Morgan fingerprint density at radius 1 is 1.15 bits per heavy atom. The Labute approximate surface area is 155 Å². The molecule has 6 nitrogen and oxygen atoms in total. The largest absolute Gasteiger partial charge is 0.484 e. The second-order valence-corrected chi connectivity index (χ2v) is 6.93. The van der Waals surface area contributed by atoms with Crippen molar-refractivity contribution < 1.29 is 9.15 Å². The molecule has 132 valence electrons. The van der Waals surface area contributed by atoms with Crippen molar-refractivity contribution in [2.24, 2.45) is 0 Å². The Kier molecular flexibility index (Phi) is 4.62. The predicted molar refractivity (Wildman–Crippen MR) is 99.3 cm³/mol. The van der Waals surface area contributed by atoms with Gasteiger partial charge in [0.05, 0.1) is 5.69 Å². The number of ether oxygens (including phenoxy) is 1. The fourth-order valence-electron chi connectivity index (χ4n) is 2.55. The number of thioether (sulfide) groups is 1. The predicted octanol–water partition coefficient (Wildman–Crippen LogP) is 4.21. The van der Waals surface area contributed by atoms with Crippen molar-refractivity contribution in [3.8, 4) is 5.75 Å². The summed E-state index contributed by atoms with van der Waals surface area (Å²) in [5.41, 5.74) is 4.13. The van der Waals surface area contributed by atoms with Crippen molar-refractivity contribution in [2.45, 2.75) is 31.4 Å². The van der Waals surface area contributed by atoms with Crippen molar-refractivity contribution in [1.29, 1.82) is 0 Å². The third kappa shape index (κ3) is 3.72. The molecule has 0 saturated heterocycles. The number of pyridine rings is 1. The molecule has 1 aromatic carbocycles. The van der Waals surface area contributed by atoms with Gasteiger partial charge in [-0.25, -0.2) is 4.98 Å². The molecule has 0 unspecified atom stereocenters. The molecule has 0 atom stereocenters. The smallest absolute Gasteiger partial charge is 0.277 e. The summed E-state index contributed by atoms with van der Waals surface area (Å²) in [5.74, 6) is 1.96. The molecule has 0 amide bonds. The van der Waals surface area contributed by atoms with E-state index >= 15 is 0 Å². The molecule has 0 N–H and O–H groups in total. The van der Waals surface area contributed by atoms with E-state index in [2.05, 4.69) is 21.2 Å². The maximum absolute atomic E-state index is 5.80. The summed E-state index contributed by atoms with van der Waals surface area (Å²) in [7, 11) is 0. The third-order valence-corrected chi connectivity index (χ3v) is 4.75. The van der Waals surface area contributed by atoms with Gasteiger partial charge in [0, 0.05) is 18.1 Å². The third-order valence-electron chi connectivity index (χ3n) is 3.90. The second kappa shape index (κ2) is 7.21. The van der Waals surface area contributed by atoms with Crippen LogP contribution in [0, 0.1) is 13.8 Å². The number of hydrogen-bond donors (Lipinski definition) is 0. The van der Waals surface area contributed by atoms with Crippen molar-refractivity contribution in [2.75, 3.05) is 0 Å². The minimum Gasteiger partial charge on any atom is -0.484 e. The van der Waals surface area contributed by atoms with Gasteiger partial charge in [0.15, 0.2) is 6.61 Å². The van der Waals surface area contributed by atoms with Crippen molar-refractivity contribution in [3.05, 3.63) is 71.5 Å². The zero-order chi connectivity index (χ0) is 17.9. The minimum atomic E-state index is 0.256. The van der Waals surface area contributed by atoms with Gasteiger partial charge in [0.2, 0.25) is 0 Å². The van der Waals surface area contributed by atoms with Crippen LogP contribution in [0.3, 0.4) is 0 Å². The normalized spacial score (nSPS) is 11.2. The quantitative estimate of drug-likeness (QED) is 0.476. The number of aromatic nitrogens is 4. The second-order valence-electron chi connectivity index (χ2n) is 6.01. The first kappa shape index (κ1) is 16.7. The molecule has 0 fully saturated rings. The van der Waals surface area contributed by atoms with Gasteiger partial charge in [0.25, 0.3) is 11.1 Å². The molecule has 3 heterocycles. The number of hydrogen-bond acceptors (Lipinski definition) is 6. The Morgan fingerprint density at radius 3 is 2.96 bits per heavy atom. The van der Waals surface area contributed by atoms with E-state index in [9.17, 15) is 0 Å². The van der Waals surface area contributed by atoms with Crippen LogP contribution in [-0.4, -0.2) is 19.6 Å². The minimum absolute atomic E-state index is 0.256. The van der Waals surface area contributed by atoms with Crippen LogP contribution in [0.1, 0.15) is 22.7 Å². The Hall–Kier alpha value is -2.80. The van der Waals surface area contributed by atoms with Gasteiger partial charge in [-0.1, -0.05) is 30.0 Å². The summed E-state index contributed by atoms with van der Waals surface area (Å²) < 4.78 is 13.4. The number of rotatable bonds is 6. The first-order valence-corrected chi connectivity index (χ1v) is 9.24. The maximum Gasteiger partial charge on any atom is 0.277 e. The van der Waals surface area contributed by atoms with Crippen LogP contribution in [0.4, 0.5) is 0 Å². The van der Waals surface area contributed by atoms with Crippen LogP contribution in [-0.2, 0) is 12.4 Å². The van der Waals surface area contributed by atoms with E-state index in [1.165, 1.54) is 11.8 Å². The summed E-state index contributed by atoms with van der Waals surface area (Å²) in [6.45, 7) is 4.30. The van der Waals surface area contributed by atoms with Gasteiger partial charge in [0.1, 0.15) is 11.4 Å². The van der Waals surface area contributed by atoms with Crippen LogP contribution >= 0.6 is 11.8 Å². The lowest BCUT2D eigenvalue weighted by atomic mass is 10.1. The zero-order valence-corrected chi connectivity index (χ0v) is 15.4. The Morgan fingerprint density at radius 2 is 2.08 bits per heavy atom. The molecule has 4 rings (SSSR count). The molecule has 3 aromatic heterocycles. The highest BCUT2D eigenvalue weighted by molar-refractivity contribution is 7.98. The Bertz CT molecular complexity index is 1010. The molecule has 0 bridgehead atoms. The molecule has 0 spiro atoms. The first-order valence-electron chi connectivity index (χ1n) is 8.25. The van der Waals surface area contributed by atoms with E-state index in [1.54, 1.807) is 0 Å². The number of fused-ring (bicyclic) bond motifs is 1. The standard InChI is InChI=1S/C19H18N4O2S/c1-13-6-7-14(2)16(9-13)24-11-18-21-22-19(25-18)26-12-15-10-23-8-4-3-5-17(23)20-15/h3-10H,11-12H2,1-2H3. The average molecular weight is 366 g/mol. The van der Waals surface area contributed by atoms with Gasteiger partial charge >= 0.3 is 0 Å². The lowest BCUT2D eigenvalue weighted by Gasteiger charge is -2.07. The van der Waals surface area contributed by atoms with Gasteiger partial charge in [-0.2, -0.15) is 0 Å². The summed E-state index contributed by atoms with van der Waals surface area (Å²) in [6, 6.07) is 12.0. The van der Waals surface area contributed by atoms with E-state index < -0.39 is 0 Å². The fraction of sp³-hybridized carbons (Fsp3) is 0.211. The van der Waals surface area contributed by atoms with E-state index in [0.717, 1.165) is 28.2 Å². The molecule has 0 saturated carbocycles. The van der Waals surface area contributed by atoms with E-state index in [0.29, 0.717) is 16.9 Å². The summed E-state index contributed by atoms with van der Waals surface area (Å²) in [6.07, 6.45) is 3.98. The number of nitrogens with zero attached hydrogens (tertiary/aromatic N) is 4. The van der Waals surface area contributed by atoms with Crippen molar-refractivity contribution in [1.82, 2.24) is 19.6 Å². The number of benzene rings is 1. The van der Waals surface area contributed by atoms with Crippen LogP contribution in [0.15, 0.2) is 58.4 Å². The van der Waals surface area contributed by atoms with Crippen LogP contribution < -0.4 is 4.74 Å². The topological polar surface area (TPSA) is 65.5 Å². The van der Waals surface area contributed by atoms with Crippen molar-refractivity contribution in [3.63, 3.8) is 0 Å². The summed E-state index contributed by atoms with van der Waals surface area (Å²) in [5, 5.41) is 8.63. The SMILES string of the molecule is Cc1ccc(C)c(OCc2nnc(SCc3cn4ccccc4n3)o2)c1. The average Bonchev–Trinajstić information content (AvgIpc) is 3.26. The van der Waals surface area contributed by atoms with Gasteiger partial charge < -0.3 is 13.6 Å². The molecular weight excluding hydrogens is 348 g/mol. The highest BCUT2D eigenvalue weighted by Crippen LogP contribution is 2.23. The maximum atomic E-state index is 5.80. The van der Waals surface area contributed by atoms with Crippen LogP contribution in [0.5, 0.6) is 5.75 Å². The molecule has 26 heavy (non-hydrogen) atoms. The molecule has 4 aromatic rings.